The molecule has 0 unspecified atom stereocenters. The maximum absolute atomic E-state index is 3.88. The van der Waals surface area contributed by atoms with Crippen LogP contribution in [0.5, 0.6) is 0 Å². The summed E-state index contributed by atoms with van der Waals surface area (Å²) >= 11 is 0. The first-order chi connectivity index (χ1) is 3.13. The maximum Gasteiger partial charge on any atom is 0.0817 e. The highest BCUT2D eigenvalue weighted by Gasteiger charge is 1.99. The van der Waals surface area contributed by atoms with E-state index in [2.05, 4.69) is 26.5 Å². The van der Waals surface area contributed by atoms with Crippen LogP contribution in [-0.4, -0.2) is 6.04 Å². The molecule has 0 fully saturated rings. The van der Waals surface area contributed by atoms with E-state index in [0.717, 1.165) is 5.92 Å². The zero-order valence-electron chi connectivity index (χ0n) is 5.57. The molecule has 1 nitrogen and oxygen atoms in total. The molecule has 0 aliphatic carbocycles. The molecule has 0 saturated heterocycles. The van der Waals surface area contributed by atoms with Crippen LogP contribution in [0, 0.1) is 5.92 Å². The van der Waals surface area contributed by atoms with E-state index >= 15 is 0 Å². The third kappa shape index (κ3) is 5.96. The predicted octanol–water partition coefficient (Wildman–Crippen LogP) is 0.663. The van der Waals surface area contributed by atoms with Gasteiger partial charge < -0.3 is 5.73 Å². The van der Waals surface area contributed by atoms with E-state index in [1.165, 1.54) is 6.42 Å². The van der Waals surface area contributed by atoms with Gasteiger partial charge in [0, 0.05) is 6.42 Å². The van der Waals surface area contributed by atoms with Crippen molar-refractivity contribution in [2.75, 3.05) is 0 Å². The molecule has 0 aromatic carbocycles. The summed E-state index contributed by atoms with van der Waals surface area (Å²) in [6, 6.07) is 0.625. The molecule has 0 aliphatic heterocycles. The lowest BCUT2D eigenvalue weighted by Gasteiger charge is -2.02. The van der Waals surface area contributed by atoms with Crippen molar-refractivity contribution in [3.05, 3.63) is 0 Å². The van der Waals surface area contributed by atoms with Crippen molar-refractivity contribution in [2.24, 2.45) is 5.92 Å². The SMILES string of the molecule is CC(C)C[C@@H](C)[NH3+]. The van der Waals surface area contributed by atoms with E-state index in [1.807, 2.05) is 0 Å². The fourth-order valence-electron chi connectivity index (χ4n) is 0.805. The quantitative estimate of drug-likeness (QED) is 0.530. The lowest BCUT2D eigenvalue weighted by atomic mass is 10.1. The van der Waals surface area contributed by atoms with Crippen molar-refractivity contribution >= 4 is 0 Å². The van der Waals surface area contributed by atoms with Gasteiger partial charge in [-0.3, -0.25) is 0 Å². The van der Waals surface area contributed by atoms with E-state index in [4.69, 9.17) is 0 Å². The smallest absolute Gasteiger partial charge is 0.0817 e. The largest absolute Gasteiger partial charge is 0.355 e. The van der Waals surface area contributed by atoms with Crippen LogP contribution in [0.3, 0.4) is 0 Å². The molecule has 0 spiro atoms. The fourth-order valence-corrected chi connectivity index (χ4v) is 0.805. The first kappa shape index (κ1) is 6.96. The molecule has 3 N–H and O–H groups in total. The standard InChI is InChI=1S/C6H15N/c1-5(2)4-6(3)7/h5-6H,4,7H2,1-3H3/p+1/t6-/m1/s1. The van der Waals surface area contributed by atoms with Gasteiger partial charge in [-0.1, -0.05) is 13.8 Å². The Morgan fingerprint density at radius 2 is 1.71 bits per heavy atom. The first-order valence-electron chi connectivity index (χ1n) is 2.96. The van der Waals surface area contributed by atoms with Crippen LogP contribution in [0.1, 0.15) is 27.2 Å². The molecule has 44 valence electrons. The van der Waals surface area contributed by atoms with Crippen molar-refractivity contribution in [1.29, 1.82) is 0 Å². The third-order valence-corrected chi connectivity index (χ3v) is 0.874. The van der Waals surface area contributed by atoms with E-state index < -0.39 is 0 Å². The zero-order valence-corrected chi connectivity index (χ0v) is 5.57. The highest BCUT2D eigenvalue weighted by atomic mass is 14.6. The first-order valence-corrected chi connectivity index (χ1v) is 2.96. The van der Waals surface area contributed by atoms with Gasteiger partial charge in [0.1, 0.15) is 0 Å². The summed E-state index contributed by atoms with van der Waals surface area (Å²) in [5.41, 5.74) is 3.88. The van der Waals surface area contributed by atoms with Crippen molar-refractivity contribution in [3.8, 4) is 0 Å². The molecule has 0 bridgehead atoms. The summed E-state index contributed by atoms with van der Waals surface area (Å²) in [6.45, 7) is 6.60. The minimum absolute atomic E-state index is 0.625. The van der Waals surface area contributed by atoms with Crippen LogP contribution in [0.4, 0.5) is 0 Å². The second kappa shape index (κ2) is 3.03. The Hall–Kier alpha value is -0.0400. The Labute approximate surface area is 45.9 Å². The van der Waals surface area contributed by atoms with Crippen molar-refractivity contribution in [2.45, 2.75) is 33.2 Å². The average Bonchev–Trinajstić information content (AvgIpc) is 1.27. The van der Waals surface area contributed by atoms with Crippen molar-refractivity contribution in [3.63, 3.8) is 0 Å². The Balaban J connectivity index is 2.95. The number of hydrogen-bond donors (Lipinski definition) is 1. The molecular formula is C6H16N+. The van der Waals surface area contributed by atoms with Gasteiger partial charge in [-0.2, -0.15) is 0 Å². The van der Waals surface area contributed by atoms with Gasteiger partial charge in [0.15, 0.2) is 0 Å². The van der Waals surface area contributed by atoms with E-state index in [-0.39, 0.29) is 0 Å². The van der Waals surface area contributed by atoms with Crippen LogP contribution >= 0.6 is 0 Å². The predicted molar refractivity (Wildman–Crippen MR) is 31.8 cm³/mol. The Kier molecular flexibility index (Phi) is 3.01. The number of hydrogen-bond acceptors (Lipinski definition) is 0. The van der Waals surface area contributed by atoms with Crippen LogP contribution in [0.2, 0.25) is 0 Å². The molecule has 0 aliphatic rings. The molecule has 1 atom stereocenters. The Morgan fingerprint density at radius 3 is 1.71 bits per heavy atom. The fraction of sp³-hybridized carbons (Fsp3) is 1.00. The molecule has 0 aromatic rings. The maximum atomic E-state index is 3.88. The molecule has 0 amide bonds. The van der Waals surface area contributed by atoms with Gasteiger partial charge in [0.2, 0.25) is 0 Å². The minimum Gasteiger partial charge on any atom is -0.355 e. The summed E-state index contributed by atoms with van der Waals surface area (Å²) in [5, 5.41) is 0. The summed E-state index contributed by atoms with van der Waals surface area (Å²) in [6.07, 6.45) is 1.25. The van der Waals surface area contributed by atoms with Crippen LogP contribution in [0.15, 0.2) is 0 Å². The monoisotopic (exact) mass is 102 g/mol. The van der Waals surface area contributed by atoms with E-state index in [1.54, 1.807) is 0 Å². The average molecular weight is 102 g/mol. The lowest BCUT2D eigenvalue weighted by molar-refractivity contribution is -0.416. The number of quaternary nitrogens is 1. The summed E-state index contributed by atoms with van der Waals surface area (Å²) in [7, 11) is 0. The van der Waals surface area contributed by atoms with Crippen LogP contribution in [0.25, 0.3) is 0 Å². The topological polar surface area (TPSA) is 27.6 Å². The van der Waals surface area contributed by atoms with E-state index in [0.29, 0.717) is 6.04 Å². The van der Waals surface area contributed by atoms with Crippen molar-refractivity contribution < 1.29 is 5.73 Å². The number of rotatable bonds is 2. The summed E-state index contributed by atoms with van der Waals surface area (Å²) in [4.78, 5) is 0. The molecule has 7 heavy (non-hydrogen) atoms. The second-order valence-corrected chi connectivity index (χ2v) is 2.73. The highest BCUT2D eigenvalue weighted by molar-refractivity contribution is 4.47. The second-order valence-electron chi connectivity index (χ2n) is 2.73. The van der Waals surface area contributed by atoms with Crippen LogP contribution in [-0.2, 0) is 0 Å². The molecule has 0 heterocycles. The molecule has 0 aromatic heterocycles. The molecule has 0 radical (unpaired) electrons. The van der Waals surface area contributed by atoms with Gasteiger partial charge in [-0.05, 0) is 12.8 Å². The van der Waals surface area contributed by atoms with Gasteiger partial charge in [-0.15, -0.1) is 0 Å². The minimum atomic E-state index is 0.625. The molecule has 1 heteroatoms. The van der Waals surface area contributed by atoms with Crippen LogP contribution < -0.4 is 5.73 Å². The van der Waals surface area contributed by atoms with Gasteiger partial charge in [-0.25, -0.2) is 0 Å². The molecule has 0 rings (SSSR count). The van der Waals surface area contributed by atoms with E-state index in [9.17, 15) is 0 Å². The third-order valence-electron chi connectivity index (χ3n) is 0.874. The summed E-state index contributed by atoms with van der Waals surface area (Å²) < 4.78 is 0. The van der Waals surface area contributed by atoms with Gasteiger partial charge in [0.25, 0.3) is 0 Å². The normalized spacial score (nSPS) is 15.0. The van der Waals surface area contributed by atoms with Crippen molar-refractivity contribution in [1.82, 2.24) is 0 Å². The Morgan fingerprint density at radius 1 is 1.29 bits per heavy atom. The zero-order chi connectivity index (χ0) is 5.86. The summed E-state index contributed by atoms with van der Waals surface area (Å²) in [5.74, 6) is 0.812. The van der Waals surface area contributed by atoms with Gasteiger partial charge >= 0.3 is 0 Å². The molecule has 0 saturated carbocycles. The molecular weight excluding hydrogens is 86.1 g/mol. The van der Waals surface area contributed by atoms with Gasteiger partial charge in [0.05, 0.1) is 6.04 Å². The lowest BCUT2D eigenvalue weighted by Crippen LogP contribution is -2.59. The highest BCUT2D eigenvalue weighted by Crippen LogP contribution is 1.99. The Bertz CT molecular complexity index is 33.4.